The van der Waals surface area contributed by atoms with Crippen molar-refractivity contribution in [1.82, 2.24) is 0 Å². The van der Waals surface area contributed by atoms with Gasteiger partial charge in [-0.1, -0.05) is 97.4 Å². The van der Waals surface area contributed by atoms with Gasteiger partial charge < -0.3 is 9.33 Å². The van der Waals surface area contributed by atoms with Crippen LogP contribution in [0.5, 0.6) is 0 Å². The maximum atomic E-state index is 13.5. The van der Waals surface area contributed by atoms with E-state index in [9.17, 15) is 4.79 Å². The molecule has 1 atom stereocenters. The third-order valence-electron chi connectivity index (χ3n) is 6.03. The van der Waals surface area contributed by atoms with Crippen LogP contribution in [0.15, 0.2) is 89.4 Å². The van der Waals surface area contributed by atoms with Crippen LogP contribution < -0.4 is 15.3 Å². The van der Waals surface area contributed by atoms with Crippen LogP contribution in [0.4, 0.5) is 5.69 Å². The number of nitrogens with zero attached hydrogens (tertiary/aromatic N) is 1. The van der Waals surface area contributed by atoms with Crippen LogP contribution in [-0.2, 0) is 9.22 Å². The lowest BCUT2D eigenvalue weighted by atomic mass is 10.2. The highest BCUT2D eigenvalue weighted by Gasteiger charge is 2.53. The smallest absolute Gasteiger partial charge is 0.262 e. The first-order valence-electron chi connectivity index (χ1n) is 10.7. The minimum atomic E-state index is -2.75. The number of benzene rings is 3. The van der Waals surface area contributed by atoms with Crippen LogP contribution in [0.1, 0.15) is 27.2 Å². The molecule has 31 heavy (non-hydrogen) atoms. The molecule has 5 heteroatoms. The minimum absolute atomic E-state index is 0.0512. The quantitative estimate of drug-likeness (QED) is 0.461. The number of carbonyl (C=O) groups is 1. The highest BCUT2D eigenvalue weighted by atomic mass is 79.9. The van der Waals surface area contributed by atoms with E-state index in [1.165, 1.54) is 10.4 Å². The molecule has 0 aliphatic carbocycles. The molecule has 3 nitrogen and oxygen atoms in total. The summed E-state index contributed by atoms with van der Waals surface area (Å²) >= 11 is 3.47. The van der Waals surface area contributed by atoms with Crippen molar-refractivity contribution < 1.29 is 9.22 Å². The second-order valence-electron chi connectivity index (χ2n) is 9.02. The maximum Gasteiger partial charge on any atom is 0.262 e. The minimum Gasteiger partial charge on any atom is -0.395 e. The molecule has 1 aliphatic heterocycles. The number of rotatable bonds is 5. The predicted molar refractivity (Wildman–Crippen MR) is 134 cm³/mol. The van der Waals surface area contributed by atoms with Gasteiger partial charge in [0.05, 0.1) is 0 Å². The highest BCUT2D eigenvalue weighted by molar-refractivity contribution is 9.10. The summed E-state index contributed by atoms with van der Waals surface area (Å²) in [7, 11) is -2.75. The number of carbonyl (C=O) groups excluding carboxylic acids is 1. The van der Waals surface area contributed by atoms with Crippen molar-refractivity contribution in [1.29, 1.82) is 0 Å². The van der Waals surface area contributed by atoms with Crippen molar-refractivity contribution in [2.45, 2.75) is 38.3 Å². The number of amides is 1. The van der Waals surface area contributed by atoms with Crippen molar-refractivity contribution in [2.75, 3.05) is 11.4 Å². The highest BCUT2D eigenvalue weighted by Crippen LogP contribution is 2.39. The van der Waals surface area contributed by atoms with E-state index < -0.39 is 14.4 Å². The van der Waals surface area contributed by atoms with Gasteiger partial charge in [-0.2, -0.15) is 0 Å². The SMILES string of the molecule is CC(C)(C)[Si](O[C@H]1CCN(c2ccc(Br)cc2)C1=O)(c1ccccc1)c1ccccc1. The Balaban J connectivity index is 1.75. The Morgan fingerprint density at radius 2 is 1.39 bits per heavy atom. The van der Waals surface area contributed by atoms with Gasteiger partial charge in [0.2, 0.25) is 0 Å². The Kier molecular flexibility index (Phi) is 6.20. The van der Waals surface area contributed by atoms with Crippen molar-refractivity contribution in [3.63, 3.8) is 0 Å². The molecule has 160 valence electrons. The standard InChI is InChI=1S/C26H28BrNO2Si/c1-26(2,3)31(22-10-6-4-7-11-22,23-12-8-5-9-13-23)30-24-18-19-28(25(24)29)21-16-14-20(27)15-17-21/h4-17,24H,18-19H2,1-3H3/t24-/m0/s1. The monoisotopic (exact) mass is 493 g/mol. The van der Waals surface area contributed by atoms with Crippen LogP contribution in [0.3, 0.4) is 0 Å². The summed E-state index contributed by atoms with van der Waals surface area (Å²) in [6, 6.07) is 28.9. The molecule has 0 radical (unpaired) electrons. The molecule has 0 N–H and O–H groups in total. The summed E-state index contributed by atoms with van der Waals surface area (Å²) < 4.78 is 8.06. The van der Waals surface area contributed by atoms with E-state index in [2.05, 4.69) is 85.2 Å². The molecule has 1 aliphatic rings. The zero-order chi connectivity index (χ0) is 22.1. The first kappa shape index (κ1) is 22.0. The molecule has 0 bridgehead atoms. The molecule has 0 unspecified atom stereocenters. The van der Waals surface area contributed by atoms with Crippen molar-refractivity contribution in [3.05, 3.63) is 89.4 Å². The molecular weight excluding hydrogens is 466 g/mol. The van der Waals surface area contributed by atoms with E-state index in [4.69, 9.17) is 4.43 Å². The lowest BCUT2D eigenvalue weighted by Gasteiger charge is -2.44. The van der Waals surface area contributed by atoms with Gasteiger partial charge >= 0.3 is 0 Å². The van der Waals surface area contributed by atoms with Gasteiger partial charge in [-0.25, -0.2) is 0 Å². The zero-order valence-corrected chi connectivity index (χ0v) is 20.8. The molecule has 1 heterocycles. The Bertz CT molecular complexity index is 993. The summed E-state index contributed by atoms with van der Waals surface area (Å²) in [5.74, 6) is 0.0512. The summed E-state index contributed by atoms with van der Waals surface area (Å²) in [6.07, 6.45) is 0.245. The Morgan fingerprint density at radius 1 is 0.871 bits per heavy atom. The van der Waals surface area contributed by atoms with Crippen LogP contribution in [-0.4, -0.2) is 26.9 Å². The molecule has 3 aromatic carbocycles. The van der Waals surface area contributed by atoms with Gasteiger partial charge in [0.1, 0.15) is 6.10 Å². The van der Waals surface area contributed by atoms with Crippen LogP contribution in [0, 0.1) is 0 Å². The Morgan fingerprint density at radius 3 is 1.87 bits per heavy atom. The molecule has 0 saturated carbocycles. The second-order valence-corrected chi connectivity index (χ2v) is 14.2. The van der Waals surface area contributed by atoms with Crippen LogP contribution >= 0.6 is 15.9 Å². The Hall–Kier alpha value is -2.21. The average molecular weight is 495 g/mol. The van der Waals surface area contributed by atoms with E-state index >= 15 is 0 Å². The molecule has 1 amide bonds. The third-order valence-corrected chi connectivity index (χ3v) is 11.6. The molecule has 0 aromatic heterocycles. The predicted octanol–water partition coefficient (Wildman–Crippen LogP) is 5.13. The first-order chi connectivity index (χ1) is 14.8. The fourth-order valence-electron chi connectivity index (χ4n) is 4.55. The average Bonchev–Trinajstić information content (AvgIpc) is 3.13. The van der Waals surface area contributed by atoms with Crippen molar-refractivity contribution in [3.8, 4) is 0 Å². The number of hydrogen-bond acceptors (Lipinski definition) is 2. The third kappa shape index (κ3) is 4.14. The largest absolute Gasteiger partial charge is 0.395 e. The van der Waals surface area contributed by atoms with Gasteiger partial charge in [-0.3, -0.25) is 4.79 Å². The van der Waals surface area contributed by atoms with Gasteiger partial charge in [0.25, 0.3) is 14.2 Å². The van der Waals surface area contributed by atoms with Crippen LogP contribution in [0.2, 0.25) is 5.04 Å². The van der Waals surface area contributed by atoms with E-state index in [0.29, 0.717) is 13.0 Å². The van der Waals surface area contributed by atoms with Gasteiger partial charge in [-0.15, -0.1) is 0 Å². The maximum absolute atomic E-state index is 13.5. The molecule has 4 rings (SSSR count). The van der Waals surface area contributed by atoms with E-state index in [1.54, 1.807) is 0 Å². The number of anilines is 1. The first-order valence-corrected chi connectivity index (χ1v) is 13.4. The summed E-state index contributed by atoms with van der Waals surface area (Å²) in [5.41, 5.74) is 0.918. The number of hydrogen-bond donors (Lipinski definition) is 0. The fourth-order valence-corrected chi connectivity index (χ4v) is 9.47. The van der Waals surface area contributed by atoms with E-state index in [0.717, 1.165) is 10.2 Å². The van der Waals surface area contributed by atoms with E-state index in [-0.39, 0.29) is 10.9 Å². The molecule has 1 fully saturated rings. The van der Waals surface area contributed by atoms with Gasteiger partial charge in [-0.05, 0) is 46.1 Å². The second kappa shape index (κ2) is 8.73. The lowest BCUT2D eigenvalue weighted by Crippen LogP contribution is -2.68. The van der Waals surface area contributed by atoms with Crippen molar-refractivity contribution >= 4 is 46.2 Å². The molecule has 3 aromatic rings. The lowest BCUT2D eigenvalue weighted by molar-refractivity contribution is -0.123. The molecule has 0 spiro atoms. The number of halogens is 1. The summed E-state index contributed by atoms with van der Waals surface area (Å²) in [4.78, 5) is 15.3. The zero-order valence-electron chi connectivity index (χ0n) is 18.2. The van der Waals surface area contributed by atoms with E-state index in [1.807, 2.05) is 41.3 Å². The van der Waals surface area contributed by atoms with Crippen molar-refractivity contribution in [2.24, 2.45) is 0 Å². The molecular formula is C26H28BrNO2Si. The van der Waals surface area contributed by atoms with Crippen LogP contribution in [0.25, 0.3) is 0 Å². The topological polar surface area (TPSA) is 29.5 Å². The fraction of sp³-hybridized carbons (Fsp3) is 0.269. The van der Waals surface area contributed by atoms with Gasteiger partial charge in [0, 0.05) is 16.7 Å². The summed E-state index contributed by atoms with van der Waals surface area (Å²) in [6.45, 7) is 7.39. The van der Waals surface area contributed by atoms with Gasteiger partial charge in [0.15, 0.2) is 0 Å². The molecule has 1 saturated heterocycles. The summed E-state index contributed by atoms with van der Waals surface area (Å²) in [5, 5.41) is 2.24. The Labute approximate surface area is 194 Å². The normalized spacial score (nSPS) is 17.2.